The molecule has 1 aliphatic rings. The molecule has 2 heteroatoms. The summed E-state index contributed by atoms with van der Waals surface area (Å²) in [5.74, 6) is 0.706. The van der Waals surface area contributed by atoms with E-state index in [0.29, 0.717) is 5.89 Å². The molecule has 1 aromatic heterocycles. The van der Waals surface area contributed by atoms with E-state index in [2.05, 4.69) is 136 Å². The topological polar surface area (TPSA) is 26.0 Å². The summed E-state index contributed by atoms with van der Waals surface area (Å²) < 4.78 is 6.11. The van der Waals surface area contributed by atoms with Crippen LogP contribution in [0.4, 0.5) is 0 Å². The van der Waals surface area contributed by atoms with Crippen molar-refractivity contribution in [3.8, 4) is 33.7 Å². The third-order valence-electron chi connectivity index (χ3n) is 9.41. The lowest BCUT2D eigenvalue weighted by Crippen LogP contribution is -2.15. The van der Waals surface area contributed by atoms with Crippen molar-refractivity contribution in [2.75, 3.05) is 0 Å². The molecule has 0 amide bonds. The van der Waals surface area contributed by atoms with Crippen LogP contribution in [0.5, 0.6) is 0 Å². The minimum Gasteiger partial charge on any atom is -0.436 e. The van der Waals surface area contributed by atoms with Crippen LogP contribution < -0.4 is 0 Å². The van der Waals surface area contributed by atoms with Crippen molar-refractivity contribution in [1.29, 1.82) is 0 Å². The number of nitrogens with zero attached hydrogens (tertiary/aromatic N) is 1. The molecule has 0 radical (unpaired) electrons. The number of benzene rings is 6. The van der Waals surface area contributed by atoms with E-state index in [1.165, 1.54) is 55.6 Å². The minimum atomic E-state index is -0.0558. The minimum absolute atomic E-state index is 0.0558. The lowest BCUT2D eigenvalue weighted by molar-refractivity contribution is 0.620. The summed E-state index contributed by atoms with van der Waals surface area (Å²) in [6.07, 6.45) is 0. The molecule has 44 heavy (non-hydrogen) atoms. The maximum absolute atomic E-state index is 6.11. The zero-order chi connectivity index (χ0) is 29.8. The van der Waals surface area contributed by atoms with Gasteiger partial charge in [0, 0.05) is 16.9 Å². The molecule has 7 aromatic rings. The zero-order valence-corrected chi connectivity index (χ0v) is 25.2. The van der Waals surface area contributed by atoms with E-state index in [9.17, 15) is 0 Å². The highest BCUT2D eigenvalue weighted by atomic mass is 16.3. The Bertz CT molecular complexity index is 2140. The molecule has 2 nitrogen and oxygen atoms in total. The van der Waals surface area contributed by atoms with Gasteiger partial charge in [0.25, 0.3) is 0 Å². The Balaban J connectivity index is 1.31. The van der Waals surface area contributed by atoms with Gasteiger partial charge in [-0.1, -0.05) is 129 Å². The molecule has 0 aliphatic heterocycles. The van der Waals surface area contributed by atoms with Crippen LogP contribution in [-0.4, -0.2) is 4.98 Å². The summed E-state index contributed by atoms with van der Waals surface area (Å²) in [4.78, 5) is 4.75. The molecule has 0 fully saturated rings. The van der Waals surface area contributed by atoms with Crippen molar-refractivity contribution < 1.29 is 4.42 Å². The number of oxazole rings is 1. The summed E-state index contributed by atoms with van der Waals surface area (Å²) >= 11 is 0. The highest BCUT2D eigenvalue weighted by Crippen LogP contribution is 2.53. The van der Waals surface area contributed by atoms with Gasteiger partial charge in [0.05, 0.1) is 0 Å². The van der Waals surface area contributed by atoms with E-state index in [1.807, 2.05) is 24.3 Å². The molecule has 1 atom stereocenters. The number of rotatable bonds is 5. The second-order valence-electron chi connectivity index (χ2n) is 12.4. The molecule has 0 N–H and O–H groups in total. The highest BCUT2D eigenvalue weighted by Gasteiger charge is 2.38. The molecular formula is C42H33NO. The Morgan fingerprint density at radius 3 is 2.09 bits per heavy atom. The Kier molecular flexibility index (Phi) is 6.13. The van der Waals surface area contributed by atoms with E-state index < -0.39 is 0 Å². The Hall–Kier alpha value is -5.21. The predicted octanol–water partition coefficient (Wildman–Crippen LogP) is 11.0. The molecular weight excluding hydrogens is 534 g/mol. The molecule has 8 rings (SSSR count). The summed E-state index contributed by atoms with van der Waals surface area (Å²) in [5.41, 5.74) is 15.7. The molecule has 0 saturated heterocycles. The predicted molar refractivity (Wildman–Crippen MR) is 181 cm³/mol. The van der Waals surface area contributed by atoms with Gasteiger partial charge in [0.1, 0.15) is 5.52 Å². The quantitative estimate of drug-likeness (QED) is 0.193. The largest absolute Gasteiger partial charge is 0.436 e. The van der Waals surface area contributed by atoms with Gasteiger partial charge in [0.15, 0.2) is 5.58 Å². The van der Waals surface area contributed by atoms with Gasteiger partial charge in [-0.3, -0.25) is 0 Å². The smallest absolute Gasteiger partial charge is 0.227 e. The molecule has 1 aliphatic carbocycles. The number of aromatic nitrogens is 1. The Labute approximate surface area is 258 Å². The molecule has 0 saturated carbocycles. The van der Waals surface area contributed by atoms with Gasteiger partial charge < -0.3 is 4.42 Å². The van der Waals surface area contributed by atoms with Crippen molar-refractivity contribution in [3.05, 3.63) is 173 Å². The van der Waals surface area contributed by atoms with E-state index in [-0.39, 0.29) is 11.3 Å². The number of hydrogen-bond acceptors (Lipinski definition) is 2. The molecule has 6 aromatic carbocycles. The van der Waals surface area contributed by atoms with Gasteiger partial charge in [-0.25, -0.2) is 4.98 Å². The van der Waals surface area contributed by atoms with Crippen molar-refractivity contribution >= 4 is 11.1 Å². The fourth-order valence-corrected chi connectivity index (χ4v) is 7.28. The first-order chi connectivity index (χ1) is 21.5. The number of fused-ring (bicyclic) bond motifs is 4. The van der Waals surface area contributed by atoms with E-state index in [4.69, 9.17) is 9.40 Å². The standard InChI is InChI=1S/C42H33NO/c1-27-26-29(41-43-37-22-11-12-23-38(37)44-41)24-25-30(27)31-16-7-8-17-32(31)39(28-14-5-4-6-15-28)34-19-13-21-36-40(34)33-18-9-10-20-35(33)42(36,2)3/h4-26,39H,1-3H3. The van der Waals surface area contributed by atoms with Crippen LogP contribution >= 0.6 is 0 Å². The van der Waals surface area contributed by atoms with Crippen LogP contribution in [-0.2, 0) is 5.41 Å². The zero-order valence-electron chi connectivity index (χ0n) is 25.2. The fourth-order valence-electron chi connectivity index (χ4n) is 7.28. The van der Waals surface area contributed by atoms with Gasteiger partial charge in [0.2, 0.25) is 5.89 Å². The summed E-state index contributed by atoms with van der Waals surface area (Å²) in [6.45, 7) is 6.90. The second-order valence-corrected chi connectivity index (χ2v) is 12.4. The average molecular weight is 568 g/mol. The first kappa shape index (κ1) is 26.4. The molecule has 0 spiro atoms. The SMILES string of the molecule is Cc1cc(-c2nc3ccccc3o2)ccc1-c1ccccc1C(c1ccccc1)c1cccc2c1-c1ccccc1C2(C)C. The van der Waals surface area contributed by atoms with Gasteiger partial charge >= 0.3 is 0 Å². The number of para-hydroxylation sites is 2. The monoisotopic (exact) mass is 567 g/mol. The Morgan fingerprint density at radius 2 is 1.27 bits per heavy atom. The highest BCUT2D eigenvalue weighted by molar-refractivity contribution is 5.85. The molecule has 1 heterocycles. The maximum atomic E-state index is 6.11. The van der Waals surface area contributed by atoms with Crippen LogP contribution in [0.15, 0.2) is 144 Å². The lowest BCUT2D eigenvalue weighted by Gasteiger charge is -2.26. The molecule has 1 unspecified atom stereocenters. The van der Waals surface area contributed by atoms with E-state index >= 15 is 0 Å². The van der Waals surface area contributed by atoms with Crippen LogP contribution in [0.2, 0.25) is 0 Å². The Morgan fingerprint density at radius 1 is 0.591 bits per heavy atom. The fraction of sp³-hybridized carbons (Fsp3) is 0.119. The van der Waals surface area contributed by atoms with Gasteiger partial charge in [-0.05, 0) is 86.8 Å². The summed E-state index contributed by atoms with van der Waals surface area (Å²) in [5, 5.41) is 0. The maximum Gasteiger partial charge on any atom is 0.227 e. The van der Waals surface area contributed by atoms with Crippen LogP contribution in [0, 0.1) is 6.92 Å². The summed E-state index contributed by atoms with van der Waals surface area (Å²) in [6, 6.07) is 50.2. The van der Waals surface area contributed by atoms with Crippen molar-refractivity contribution in [2.24, 2.45) is 0 Å². The second kappa shape index (κ2) is 10.2. The van der Waals surface area contributed by atoms with E-state index in [0.717, 1.165) is 16.7 Å². The van der Waals surface area contributed by atoms with Gasteiger partial charge in [-0.2, -0.15) is 0 Å². The van der Waals surface area contributed by atoms with Crippen LogP contribution in [0.3, 0.4) is 0 Å². The van der Waals surface area contributed by atoms with Crippen LogP contribution in [0.1, 0.15) is 53.1 Å². The third-order valence-corrected chi connectivity index (χ3v) is 9.41. The first-order valence-electron chi connectivity index (χ1n) is 15.3. The molecule has 0 bridgehead atoms. The lowest BCUT2D eigenvalue weighted by atomic mass is 9.77. The third kappa shape index (κ3) is 4.13. The summed E-state index contributed by atoms with van der Waals surface area (Å²) in [7, 11) is 0. The number of hydrogen-bond donors (Lipinski definition) is 0. The van der Waals surface area contributed by atoms with Crippen LogP contribution in [0.25, 0.3) is 44.8 Å². The van der Waals surface area contributed by atoms with Gasteiger partial charge in [-0.15, -0.1) is 0 Å². The van der Waals surface area contributed by atoms with Crippen molar-refractivity contribution in [2.45, 2.75) is 32.1 Å². The average Bonchev–Trinajstić information content (AvgIpc) is 3.59. The van der Waals surface area contributed by atoms with E-state index in [1.54, 1.807) is 0 Å². The number of aryl methyl sites for hydroxylation is 1. The first-order valence-corrected chi connectivity index (χ1v) is 15.3. The normalized spacial score (nSPS) is 13.9. The van der Waals surface area contributed by atoms with Crippen molar-refractivity contribution in [1.82, 2.24) is 4.98 Å². The molecule has 212 valence electrons. The van der Waals surface area contributed by atoms with Crippen molar-refractivity contribution in [3.63, 3.8) is 0 Å².